The maximum absolute atomic E-state index is 12.3. The number of hydrogen-bond donors (Lipinski definition) is 3. The first-order valence-corrected chi connectivity index (χ1v) is 7.12. The van der Waals surface area contributed by atoms with Crippen molar-refractivity contribution in [3.05, 3.63) is 54.4 Å². The van der Waals surface area contributed by atoms with Gasteiger partial charge in [0.1, 0.15) is 11.8 Å². The maximum Gasteiger partial charge on any atom is 0.242 e. The van der Waals surface area contributed by atoms with Crippen molar-refractivity contribution in [3.8, 4) is 5.75 Å². The standard InChI is InChI=1S/C16H18N4O2/c1-22-13-4-2-3-12(9-13)18-16(21)15-10-14(19-20-15)11-5-7-17-8-6-11/h2-9,14-15,19-20H,10H2,1H3,(H,18,21). The number of carbonyl (C=O) groups is 1. The molecule has 3 rings (SSSR count). The number of methoxy groups -OCH3 is 1. The number of amides is 1. The van der Waals surface area contributed by atoms with Crippen LogP contribution < -0.4 is 20.9 Å². The minimum absolute atomic E-state index is 0.0719. The summed E-state index contributed by atoms with van der Waals surface area (Å²) in [4.78, 5) is 16.3. The third-order valence-corrected chi connectivity index (χ3v) is 3.67. The third kappa shape index (κ3) is 3.24. The van der Waals surface area contributed by atoms with Gasteiger partial charge >= 0.3 is 0 Å². The van der Waals surface area contributed by atoms with E-state index in [0.29, 0.717) is 12.2 Å². The quantitative estimate of drug-likeness (QED) is 0.800. The van der Waals surface area contributed by atoms with E-state index in [2.05, 4.69) is 21.2 Å². The highest BCUT2D eigenvalue weighted by Crippen LogP contribution is 2.23. The zero-order valence-electron chi connectivity index (χ0n) is 12.2. The van der Waals surface area contributed by atoms with Crippen LogP contribution in [0.1, 0.15) is 18.0 Å². The lowest BCUT2D eigenvalue weighted by molar-refractivity contribution is -0.117. The SMILES string of the molecule is COc1cccc(NC(=O)C2CC(c3ccncc3)NN2)c1. The average molecular weight is 298 g/mol. The van der Waals surface area contributed by atoms with Crippen molar-refractivity contribution in [2.75, 3.05) is 12.4 Å². The van der Waals surface area contributed by atoms with Crippen molar-refractivity contribution in [3.63, 3.8) is 0 Å². The van der Waals surface area contributed by atoms with Gasteiger partial charge in [-0.05, 0) is 36.2 Å². The van der Waals surface area contributed by atoms with Crippen LogP contribution in [0.3, 0.4) is 0 Å². The number of aromatic nitrogens is 1. The predicted molar refractivity (Wildman–Crippen MR) is 83.3 cm³/mol. The number of pyridine rings is 1. The second-order valence-electron chi connectivity index (χ2n) is 5.13. The summed E-state index contributed by atoms with van der Waals surface area (Å²) < 4.78 is 5.15. The Kier molecular flexibility index (Phi) is 4.32. The molecule has 1 amide bonds. The molecule has 0 saturated carbocycles. The fourth-order valence-corrected chi connectivity index (χ4v) is 2.47. The molecule has 22 heavy (non-hydrogen) atoms. The fraction of sp³-hybridized carbons (Fsp3) is 0.250. The van der Waals surface area contributed by atoms with Gasteiger partial charge in [-0.2, -0.15) is 0 Å². The van der Waals surface area contributed by atoms with E-state index in [9.17, 15) is 4.79 Å². The molecule has 0 bridgehead atoms. The van der Waals surface area contributed by atoms with Crippen LogP contribution in [0.25, 0.3) is 0 Å². The highest BCUT2D eigenvalue weighted by atomic mass is 16.5. The van der Waals surface area contributed by atoms with Crippen molar-refractivity contribution >= 4 is 11.6 Å². The molecular formula is C16H18N4O2. The van der Waals surface area contributed by atoms with E-state index in [0.717, 1.165) is 11.3 Å². The summed E-state index contributed by atoms with van der Waals surface area (Å²) >= 11 is 0. The molecule has 2 atom stereocenters. The zero-order valence-corrected chi connectivity index (χ0v) is 12.2. The summed E-state index contributed by atoms with van der Waals surface area (Å²) in [6, 6.07) is 11.0. The van der Waals surface area contributed by atoms with Gasteiger partial charge in [0.25, 0.3) is 0 Å². The summed E-state index contributed by atoms with van der Waals surface area (Å²) in [5.74, 6) is 0.641. The molecule has 3 N–H and O–H groups in total. The van der Waals surface area contributed by atoms with Gasteiger partial charge in [-0.15, -0.1) is 0 Å². The first-order chi connectivity index (χ1) is 10.8. The summed E-state index contributed by atoms with van der Waals surface area (Å²) in [5, 5.41) is 2.90. The summed E-state index contributed by atoms with van der Waals surface area (Å²) in [5.41, 5.74) is 8.02. The molecule has 2 heterocycles. The molecule has 2 aromatic rings. The number of hydrazine groups is 1. The first kappa shape index (κ1) is 14.5. The number of nitrogens with zero attached hydrogens (tertiary/aromatic N) is 1. The molecule has 0 spiro atoms. The van der Waals surface area contributed by atoms with Crippen molar-refractivity contribution in [1.82, 2.24) is 15.8 Å². The number of nitrogens with one attached hydrogen (secondary N) is 3. The molecule has 1 aromatic carbocycles. The van der Waals surface area contributed by atoms with E-state index in [1.54, 1.807) is 25.6 Å². The van der Waals surface area contributed by atoms with Crippen molar-refractivity contribution < 1.29 is 9.53 Å². The van der Waals surface area contributed by atoms with E-state index in [1.165, 1.54) is 0 Å². The Bertz CT molecular complexity index is 648. The Morgan fingerprint density at radius 2 is 2.09 bits per heavy atom. The van der Waals surface area contributed by atoms with E-state index in [1.807, 2.05) is 30.3 Å². The molecular weight excluding hydrogens is 280 g/mol. The molecule has 1 saturated heterocycles. The monoisotopic (exact) mass is 298 g/mol. The molecule has 1 aliphatic heterocycles. The van der Waals surface area contributed by atoms with E-state index < -0.39 is 0 Å². The van der Waals surface area contributed by atoms with Gasteiger partial charge in [-0.3, -0.25) is 9.78 Å². The largest absolute Gasteiger partial charge is 0.497 e. The first-order valence-electron chi connectivity index (χ1n) is 7.12. The normalized spacial score (nSPS) is 20.6. The average Bonchev–Trinajstić information content (AvgIpc) is 3.06. The number of carbonyl (C=O) groups excluding carboxylic acids is 1. The Labute approximate surface area is 128 Å². The molecule has 0 aliphatic carbocycles. The van der Waals surface area contributed by atoms with E-state index in [4.69, 9.17) is 4.74 Å². The maximum atomic E-state index is 12.3. The van der Waals surface area contributed by atoms with Gasteiger partial charge in [0.15, 0.2) is 0 Å². The number of anilines is 1. The predicted octanol–water partition coefficient (Wildman–Crippen LogP) is 1.64. The van der Waals surface area contributed by atoms with Crippen LogP contribution in [0.15, 0.2) is 48.8 Å². The van der Waals surface area contributed by atoms with Gasteiger partial charge < -0.3 is 10.1 Å². The highest BCUT2D eigenvalue weighted by molar-refractivity contribution is 5.95. The van der Waals surface area contributed by atoms with Crippen molar-refractivity contribution in [2.45, 2.75) is 18.5 Å². The highest BCUT2D eigenvalue weighted by Gasteiger charge is 2.30. The van der Waals surface area contributed by atoms with Crippen LogP contribution in [0.5, 0.6) is 5.75 Å². The van der Waals surface area contributed by atoms with E-state index in [-0.39, 0.29) is 18.0 Å². The van der Waals surface area contributed by atoms with Gasteiger partial charge in [0.2, 0.25) is 5.91 Å². The molecule has 0 radical (unpaired) electrons. The van der Waals surface area contributed by atoms with Crippen LogP contribution in [-0.4, -0.2) is 24.0 Å². The van der Waals surface area contributed by atoms with E-state index >= 15 is 0 Å². The Morgan fingerprint density at radius 1 is 1.27 bits per heavy atom. The molecule has 1 aliphatic rings. The number of hydrogen-bond acceptors (Lipinski definition) is 5. The zero-order chi connectivity index (χ0) is 15.4. The second kappa shape index (κ2) is 6.55. The molecule has 6 nitrogen and oxygen atoms in total. The van der Waals surface area contributed by atoms with Crippen LogP contribution in [-0.2, 0) is 4.79 Å². The number of rotatable bonds is 4. The van der Waals surface area contributed by atoms with Gasteiger partial charge in [0, 0.05) is 30.2 Å². The molecule has 1 fully saturated rings. The van der Waals surface area contributed by atoms with Gasteiger partial charge in [-0.1, -0.05) is 6.07 Å². The van der Waals surface area contributed by atoms with Gasteiger partial charge in [-0.25, -0.2) is 10.9 Å². The number of ether oxygens (including phenoxy) is 1. The lowest BCUT2D eigenvalue weighted by atomic mass is 10.0. The van der Waals surface area contributed by atoms with Crippen LogP contribution in [0.4, 0.5) is 5.69 Å². The van der Waals surface area contributed by atoms with Crippen molar-refractivity contribution in [1.29, 1.82) is 0 Å². The molecule has 1 aromatic heterocycles. The van der Waals surface area contributed by atoms with Crippen LogP contribution in [0, 0.1) is 0 Å². The summed E-state index contributed by atoms with van der Waals surface area (Å²) in [6.07, 6.45) is 4.18. The lowest BCUT2D eigenvalue weighted by Crippen LogP contribution is -2.39. The fourth-order valence-electron chi connectivity index (χ4n) is 2.47. The Balaban J connectivity index is 1.62. The molecule has 114 valence electrons. The summed E-state index contributed by atoms with van der Waals surface area (Å²) in [6.45, 7) is 0. The summed E-state index contributed by atoms with van der Waals surface area (Å²) in [7, 11) is 1.60. The minimum Gasteiger partial charge on any atom is -0.497 e. The Morgan fingerprint density at radius 3 is 2.86 bits per heavy atom. The molecule has 6 heteroatoms. The third-order valence-electron chi connectivity index (χ3n) is 3.67. The lowest BCUT2D eigenvalue weighted by Gasteiger charge is -2.11. The van der Waals surface area contributed by atoms with Crippen molar-refractivity contribution in [2.24, 2.45) is 0 Å². The minimum atomic E-state index is -0.288. The topological polar surface area (TPSA) is 75.3 Å². The van der Waals surface area contributed by atoms with Crippen LogP contribution in [0.2, 0.25) is 0 Å². The number of benzene rings is 1. The smallest absolute Gasteiger partial charge is 0.242 e. The second-order valence-corrected chi connectivity index (χ2v) is 5.13. The Hall–Kier alpha value is -2.44. The molecule has 2 unspecified atom stereocenters. The van der Waals surface area contributed by atoms with Gasteiger partial charge in [0.05, 0.1) is 7.11 Å². The van der Waals surface area contributed by atoms with Crippen LogP contribution >= 0.6 is 0 Å².